The minimum Gasteiger partial charge on any atom is -0.505 e. The summed E-state index contributed by atoms with van der Waals surface area (Å²) < 4.78 is 36.1. The van der Waals surface area contributed by atoms with Gasteiger partial charge in [-0.25, -0.2) is 22.5 Å². The number of ether oxygens (including phenoxy) is 2. The Morgan fingerprint density at radius 3 is 2.25 bits per heavy atom. The van der Waals surface area contributed by atoms with Crippen molar-refractivity contribution in [1.29, 1.82) is 0 Å². The molecule has 4 rings (SSSR count). The topological polar surface area (TPSA) is 106 Å². The lowest BCUT2D eigenvalue weighted by Crippen LogP contribution is -2.14. The van der Waals surface area contributed by atoms with Crippen molar-refractivity contribution in [2.45, 2.75) is 26.7 Å². The van der Waals surface area contributed by atoms with Crippen LogP contribution in [0.15, 0.2) is 72.9 Å². The molecule has 8 nitrogen and oxygen atoms in total. The number of unbranched alkanes of at least 4 members (excludes halogenated alkanes) is 1. The Kier molecular flexibility index (Phi) is 7.70. The average molecular weight is 507 g/mol. The fraction of sp³-hybridized carbons (Fsp3) is 0.185. The molecule has 1 N–H and O–H groups in total. The molecule has 0 amide bonds. The monoisotopic (exact) mass is 506 g/mol. The number of pyridine rings is 1. The lowest BCUT2D eigenvalue weighted by molar-refractivity contribution is 0.0489. The summed E-state index contributed by atoms with van der Waals surface area (Å²) in [7, 11) is -2.89. The molecule has 0 aliphatic rings. The molecule has 186 valence electrons. The van der Waals surface area contributed by atoms with E-state index in [-0.39, 0.29) is 18.1 Å². The van der Waals surface area contributed by atoms with E-state index in [1.165, 1.54) is 10.5 Å². The summed E-state index contributed by atoms with van der Waals surface area (Å²) in [6, 6.07) is 18.8. The fourth-order valence-corrected chi connectivity index (χ4v) is 4.24. The van der Waals surface area contributed by atoms with E-state index in [2.05, 4.69) is 4.98 Å². The first-order valence-electron chi connectivity index (χ1n) is 11.4. The van der Waals surface area contributed by atoms with Crippen molar-refractivity contribution in [2.75, 3.05) is 10.9 Å². The zero-order valence-corrected chi connectivity index (χ0v) is 20.8. The van der Waals surface area contributed by atoms with Gasteiger partial charge < -0.3 is 14.6 Å². The molecule has 0 radical (unpaired) electrons. The van der Waals surface area contributed by atoms with Crippen LogP contribution in [0.4, 0.5) is 11.4 Å². The summed E-state index contributed by atoms with van der Waals surface area (Å²) in [5, 5.41) is 11.6. The molecule has 0 aliphatic carbocycles. The number of benzene rings is 3. The number of aromatic hydroxyl groups is 1. The number of hydrogen-bond donors (Lipinski definition) is 2. The molecule has 0 spiro atoms. The molecular weight excluding hydrogens is 480 g/mol. The first-order chi connectivity index (χ1) is 17.4. The predicted octanol–water partition coefficient (Wildman–Crippen LogP) is 5.66. The van der Waals surface area contributed by atoms with Gasteiger partial charge >= 0.3 is 5.97 Å². The molecule has 9 heteroatoms. The highest BCUT2D eigenvalue weighted by molar-refractivity contribution is 7.74. The fourth-order valence-electron chi connectivity index (χ4n) is 3.59. The molecule has 1 heterocycles. The third-order valence-corrected chi connectivity index (χ3v) is 6.31. The second-order valence-corrected chi connectivity index (χ2v) is 9.05. The van der Waals surface area contributed by atoms with Gasteiger partial charge in [0.25, 0.3) is 0 Å². The minimum atomic E-state index is -2.89. The van der Waals surface area contributed by atoms with Crippen LogP contribution in [0.2, 0.25) is 0 Å². The Balaban J connectivity index is 1.52. The van der Waals surface area contributed by atoms with E-state index in [4.69, 9.17) is 9.47 Å². The molecule has 1 aromatic heterocycles. The van der Waals surface area contributed by atoms with Crippen molar-refractivity contribution >= 4 is 39.0 Å². The van der Waals surface area contributed by atoms with Crippen molar-refractivity contribution in [3.63, 3.8) is 0 Å². The van der Waals surface area contributed by atoms with Gasteiger partial charge in [-0.1, -0.05) is 31.0 Å². The summed E-state index contributed by atoms with van der Waals surface area (Å²) in [4.78, 5) is 16.3. The van der Waals surface area contributed by atoms with Crippen LogP contribution < -0.4 is 9.04 Å². The molecular formula is C27H26N2O6S. The van der Waals surface area contributed by atoms with E-state index in [0.29, 0.717) is 33.6 Å². The molecule has 0 saturated carbocycles. The smallest absolute Gasteiger partial charge is 0.360 e. The first-order valence-corrected chi connectivity index (χ1v) is 12.6. The Morgan fingerprint density at radius 1 is 0.972 bits per heavy atom. The summed E-state index contributed by atoms with van der Waals surface area (Å²) in [5.41, 5.74) is 1.93. The second kappa shape index (κ2) is 11.1. The van der Waals surface area contributed by atoms with E-state index in [1.54, 1.807) is 54.6 Å². The maximum absolute atomic E-state index is 12.2. The number of nitrogens with zero attached hydrogens (tertiary/aromatic N) is 2. The molecule has 0 bridgehead atoms. The molecule has 0 fully saturated rings. The van der Waals surface area contributed by atoms with Crippen LogP contribution in [0.5, 0.6) is 17.2 Å². The molecule has 4 aromatic rings. The highest BCUT2D eigenvalue weighted by Crippen LogP contribution is 2.33. The number of aromatic nitrogens is 1. The van der Waals surface area contributed by atoms with E-state index >= 15 is 0 Å². The number of aryl methyl sites for hydroxylation is 1. The van der Waals surface area contributed by atoms with Gasteiger partial charge in [0.05, 0.1) is 18.0 Å². The van der Waals surface area contributed by atoms with Gasteiger partial charge in [0.2, 0.25) is 10.9 Å². The van der Waals surface area contributed by atoms with Gasteiger partial charge in [0.1, 0.15) is 11.5 Å². The number of esters is 1. The van der Waals surface area contributed by atoms with Crippen molar-refractivity contribution in [3.05, 3.63) is 84.2 Å². The number of thiol groups is 1. The largest absolute Gasteiger partial charge is 0.505 e. The third-order valence-electron chi connectivity index (χ3n) is 5.52. The predicted molar refractivity (Wildman–Crippen MR) is 139 cm³/mol. The van der Waals surface area contributed by atoms with Crippen LogP contribution in [0, 0.1) is 6.92 Å². The summed E-state index contributed by atoms with van der Waals surface area (Å²) in [6.45, 7) is 4.19. The van der Waals surface area contributed by atoms with Gasteiger partial charge in [-0.15, -0.1) is 0 Å². The zero-order valence-electron chi connectivity index (χ0n) is 19.9. The van der Waals surface area contributed by atoms with Crippen LogP contribution in [-0.2, 0) is 15.6 Å². The third kappa shape index (κ3) is 5.58. The quantitative estimate of drug-likeness (QED) is 0.171. The Morgan fingerprint density at radius 2 is 1.61 bits per heavy atom. The number of carbonyl (C=O) groups excluding carboxylic acids is 1. The van der Waals surface area contributed by atoms with Crippen LogP contribution >= 0.6 is 0 Å². The SMILES string of the molecule is CCCCOC(=O)c1ncc2cc(Oc3ccc(N(c4ccc(C)cc4)[SH](=O)=O)cc3)ccc2c1O. The molecule has 3 aromatic carbocycles. The Labute approximate surface area is 210 Å². The van der Waals surface area contributed by atoms with Gasteiger partial charge in [-0.3, -0.25) is 0 Å². The van der Waals surface area contributed by atoms with Gasteiger partial charge in [-0.05, 0) is 67.9 Å². The number of carbonyl (C=O) groups is 1. The van der Waals surface area contributed by atoms with E-state index in [9.17, 15) is 18.3 Å². The highest BCUT2D eigenvalue weighted by Gasteiger charge is 2.18. The average Bonchev–Trinajstić information content (AvgIpc) is 2.86. The number of rotatable bonds is 9. The van der Waals surface area contributed by atoms with Crippen LogP contribution in [0.1, 0.15) is 35.8 Å². The van der Waals surface area contributed by atoms with Crippen molar-refractivity contribution in [1.82, 2.24) is 4.98 Å². The number of fused-ring (bicyclic) bond motifs is 1. The number of anilines is 2. The van der Waals surface area contributed by atoms with E-state index < -0.39 is 16.9 Å². The van der Waals surface area contributed by atoms with Gasteiger partial charge in [0, 0.05) is 17.0 Å². The highest BCUT2D eigenvalue weighted by atomic mass is 32.2. The van der Waals surface area contributed by atoms with E-state index in [0.717, 1.165) is 18.4 Å². The number of hydrogen-bond acceptors (Lipinski definition) is 7. The Bertz CT molecular complexity index is 1440. The summed E-state index contributed by atoms with van der Waals surface area (Å²) >= 11 is 0. The molecule has 0 aliphatic heterocycles. The summed E-state index contributed by atoms with van der Waals surface area (Å²) in [5.74, 6) is 0.0759. The lowest BCUT2D eigenvalue weighted by Gasteiger charge is -2.18. The standard InChI is InChI=1S/C27H26N2O6S/c1-3-4-15-34-27(31)25-26(30)24-14-13-23(16-19(24)17-28-25)35-22-11-9-21(10-12-22)29(36(32)33)20-7-5-18(2)6-8-20/h5-14,16-17,30,36H,3-4,15H2,1-2H3. The summed E-state index contributed by atoms with van der Waals surface area (Å²) in [6.07, 6.45) is 3.10. The van der Waals surface area contributed by atoms with Crippen molar-refractivity contribution < 1.29 is 27.8 Å². The van der Waals surface area contributed by atoms with E-state index in [1.807, 2.05) is 26.0 Å². The maximum Gasteiger partial charge on any atom is 0.360 e. The molecule has 36 heavy (non-hydrogen) atoms. The van der Waals surface area contributed by atoms with Crippen LogP contribution in [-0.4, -0.2) is 31.1 Å². The molecule has 0 saturated heterocycles. The van der Waals surface area contributed by atoms with Crippen molar-refractivity contribution in [2.24, 2.45) is 0 Å². The normalized spacial score (nSPS) is 11.0. The van der Waals surface area contributed by atoms with Crippen LogP contribution in [0.25, 0.3) is 10.8 Å². The Hall–Kier alpha value is -4.11. The lowest BCUT2D eigenvalue weighted by atomic mass is 10.1. The second-order valence-electron chi connectivity index (χ2n) is 8.18. The maximum atomic E-state index is 12.2. The van der Waals surface area contributed by atoms with Crippen molar-refractivity contribution in [3.8, 4) is 17.2 Å². The molecule has 0 atom stereocenters. The molecule has 0 unspecified atom stereocenters. The van der Waals surface area contributed by atoms with Gasteiger partial charge in [0.15, 0.2) is 11.4 Å². The zero-order chi connectivity index (χ0) is 25.7. The minimum absolute atomic E-state index is 0.127. The van der Waals surface area contributed by atoms with Gasteiger partial charge in [-0.2, -0.15) is 0 Å². The first kappa shape index (κ1) is 25.0. The van der Waals surface area contributed by atoms with Crippen LogP contribution in [0.3, 0.4) is 0 Å².